The summed E-state index contributed by atoms with van der Waals surface area (Å²) in [4.78, 5) is 38.9. The smallest absolute Gasteiger partial charge is 0.435 e. The van der Waals surface area contributed by atoms with Gasteiger partial charge in [-0.15, -0.1) is 0 Å². The molecule has 0 spiro atoms. The second-order valence-corrected chi connectivity index (χ2v) is 20.0. The number of nitrogens with one attached hydrogen (secondary N) is 4. The summed E-state index contributed by atoms with van der Waals surface area (Å²) in [7, 11) is -0.121. The molecule has 1 saturated heterocycles. The number of carbonyl (C=O) groups excluding carboxylic acids is 1. The fraction of sp³-hybridized carbons (Fsp3) is 0.315. The predicted octanol–water partition coefficient (Wildman–Crippen LogP) is 9.50. The SMILES string of the molecule is C1CCOC1.CC(C)(C)OC(=O)n1nc(CCCOS(C)(=O)=O)c2c(Nc3c(-c4ncccn4)oc4cnccc34)cccc21.CN.CNCCCc1[nH]nc2cccc(Nc3c(-c4ncccn4)oc4cnccc34)c12. The van der Waals surface area contributed by atoms with Gasteiger partial charge in [0.1, 0.15) is 5.60 Å². The van der Waals surface area contributed by atoms with Crippen LogP contribution in [0.15, 0.2) is 119 Å². The summed E-state index contributed by atoms with van der Waals surface area (Å²) < 4.78 is 51.7. The minimum atomic E-state index is -3.58. The van der Waals surface area contributed by atoms with Gasteiger partial charge < -0.3 is 40.0 Å². The van der Waals surface area contributed by atoms with Gasteiger partial charge in [0.15, 0.2) is 34.3 Å². The standard InChI is InChI=1S/C27H28N6O6S.C22H21N7O.C4H8O.CH5N/c1-27(2,3)39-26(34)33-20-10-5-8-18(22(20)19(32-33)9-6-15-37-40(4,35)36)31-23-17-11-14-28-16-21(17)38-24(23)25-29-12-7-13-30-25;1-23-9-3-7-17-19-15(5-2-6-16(19)28-29-17)27-20-14-8-12-24-13-18(14)30-21(20)22-25-10-4-11-26-22;1-2-4-5-3-1;1-2/h5,7-8,10-14,16,31H,6,9,15H2,1-4H3;2,4-6,8,10-13,23,27H,3,7,9H2,1H3,(H,28,29);1-4H2;2H2,1H3. The predicted molar refractivity (Wildman–Crippen MR) is 296 cm³/mol. The lowest BCUT2D eigenvalue weighted by Gasteiger charge is -2.19. The first-order valence-corrected chi connectivity index (χ1v) is 26.8. The van der Waals surface area contributed by atoms with Crippen LogP contribution in [0.4, 0.5) is 27.5 Å². The molecule has 2 aromatic carbocycles. The Balaban J connectivity index is 0.000000186. The molecule has 1 fully saturated rings. The zero-order valence-electron chi connectivity index (χ0n) is 43.7. The van der Waals surface area contributed by atoms with E-state index in [4.69, 9.17) is 22.5 Å². The number of furan rings is 2. The number of fused-ring (bicyclic) bond motifs is 4. The van der Waals surface area contributed by atoms with Crippen molar-refractivity contribution in [3.05, 3.63) is 122 Å². The Morgan fingerprint density at radius 3 is 1.86 bits per heavy atom. The molecule has 1 aliphatic rings. The molecule has 23 heteroatoms. The van der Waals surface area contributed by atoms with Crippen molar-refractivity contribution in [1.29, 1.82) is 0 Å². The molecule has 1 aliphatic heterocycles. The van der Waals surface area contributed by atoms with Crippen LogP contribution in [-0.4, -0.2) is 117 Å². The van der Waals surface area contributed by atoms with Crippen molar-refractivity contribution in [1.82, 2.24) is 55.2 Å². The fourth-order valence-corrected chi connectivity index (χ4v) is 8.78. The number of H-pyrrole nitrogens is 1. The summed E-state index contributed by atoms with van der Waals surface area (Å²) in [6.07, 6.45) is 18.9. The van der Waals surface area contributed by atoms with Crippen molar-refractivity contribution in [3.8, 4) is 23.2 Å². The molecule has 6 N–H and O–H groups in total. The fourth-order valence-electron chi connectivity index (χ4n) is 8.36. The second-order valence-electron chi connectivity index (χ2n) is 18.3. The maximum absolute atomic E-state index is 13.1. The third-order valence-electron chi connectivity index (χ3n) is 11.6. The number of rotatable bonds is 15. The first-order chi connectivity index (χ1) is 37.3. The van der Waals surface area contributed by atoms with Gasteiger partial charge in [-0.05, 0) is 128 Å². The highest BCUT2D eigenvalue weighted by molar-refractivity contribution is 7.85. The van der Waals surface area contributed by atoms with Crippen LogP contribution in [0.3, 0.4) is 0 Å². The van der Waals surface area contributed by atoms with Gasteiger partial charge in [0.05, 0.1) is 53.4 Å². The van der Waals surface area contributed by atoms with Crippen molar-refractivity contribution in [3.63, 3.8) is 0 Å². The molecular weight excluding hydrogens is 1000 g/mol. The van der Waals surface area contributed by atoms with E-state index < -0.39 is 21.8 Å². The number of nitrogens with two attached hydrogens (primary N) is 1. The van der Waals surface area contributed by atoms with Gasteiger partial charge in [-0.25, -0.2) is 24.7 Å². The van der Waals surface area contributed by atoms with E-state index in [-0.39, 0.29) is 6.61 Å². The highest BCUT2D eigenvalue weighted by Gasteiger charge is 2.26. The highest BCUT2D eigenvalue weighted by Crippen LogP contribution is 2.42. The lowest BCUT2D eigenvalue weighted by atomic mass is 10.1. The van der Waals surface area contributed by atoms with Gasteiger partial charge in [0.2, 0.25) is 0 Å². The molecule has 9 heterocycles. The Bertz CT molecular complexity index is 3640. The van der Waals surface area contributed by atoms with E-state index in [1.54, 1.807) is 94.6 Å². The van der Waals surface area contributed by atoms with Crippen LogP contribution in [0.2, 0.25) is 0 Å². The van der Waals surface area contributed by atoms with Gasteiger partial charge in [-0.1, -0.05) is 12.1 Å². The van der Waals surface area contributed by atoms with E-state index in [2.05, 4.69) is 73.0 Å². The third-order valence-corrected chi connectivity index (χ3v) is 12.2. The molecule has 22 nitrogen and oxygen atoms in total. The Morgan fingerprint density at radius 2 is 1.32 bits per heavy atom. The van der Waals surface area contributed by atoms with Crippen LogP contribution in [0.25, 0.3) is 66.9 Å². The Labute approximate surface area is 444 Å². The molecule has 0 atom stereocenters. The van der Waals surface area contributed by atoms with Crippen molar-refractivity contribution < 1.29 is 35.7 Å². The summed E-state index contributed by atoms with van der Waals surface area (Å²) in [5, 5.41) is 25.9. The molecule has 0 radical (unpaired) electrons. The normalized spacial score (nSPS) is 12.4. The summed E-state index contributed by atoms with van der Waals surface area (Å²) in [6.45, 7) is 8.26. The second kappa shape index (κ2) is 25.5. The quantitative estimate of drug-likeness (QED) is 0.0471. The van der Waals surface area contributed by atoms with E-state index in [1.807, 2.05) is 37.4 Å². The van der Waals surface area contributed by atoms with Crippen molar-refractivity contribution >= 4 is 82.7 Å². The number of aromatic amines is 1. The van der Waals surface area contributed by atoms with E-state index in [0.29, 0.717) is 75.1 Å². The topological polar surface area (TPSA) is 291 Å². The lowest BCUT2D eigenvalue weighted by Crippen LogP contribution is -2.27. The molecule has 0 aliphatic carbocycles. The molecule has 0 amide bonds. The zero-order valence-corrected chi connectivity index (χ0v) is 44.6. The van der Waals surface area contributed by atoms with Crippen LogP contribution in [0.1, 0.15) is 57.8 Å². The summed E-state index contributed by atoms with van der Waals surface area (Å²) in [6, 6.07) is 18.7. The summed E-state index contributed by atoms with van der Waals surface area (Å²) in [5.74, 6) is 1.90. The maximum atomic E-state index is 13.1. The molecular formula is C54H62N14O8S. The van der Waals surface area contributed by atoms with Gasteiger partial charge >= 0.3 is 6.09 Å². The van der Waals surface area contributed by atoms with Crippen molar-refractivity contribution in [2.24, 2.45) is 5.73 Å². The number of aryl methyl sites for hydroxylation is 2. The molecule has 0 saturated carbocycles. The number of aromatic nitrogens is 10. The number of benzene rings is 2. The van der Waals surface area contributed by atoms with Gasteiger partial charge in [-0.3, -0.25) is 19.2 Å². The number of carbonyl (C=O) groups is 1. The van der Waals surface area contributed by atoms with Crippen molar-refractivity contribution in [2.45, 2.75) is 64.9 Å². The number of hydrogen-bond donors (Lipinski definition) is 5. The molecule has 77 heavy (non-hydrogen) atoms. The largest absolute Gasteiger partial charge is 0.449 e. The molecule has 402 valence electrons. The molecule has 0 unspecified atom stereocenters. The molecule has 0 bridgehead atoms. The van der Waals surface area contributed by atoms with Crippen LogP contribution in [0, 0.1) is 0 Å². The van der Waals surface area contributed by atoms with Crippen LogP contribution < -0.4 is 21.7 Å². The van der Waals surface area contributed by atoms with Gasteiger partial charge in [0.25, 0.3) is 10.1 Å². The van der Waals surface area contributed by atoms with Crippen LogP contribution >= 0.6 is 0 Å². The minimum absolute atomic E-state index is 0.0237. The van der Waals surface area contributed by atoms with E-state index in [9.17, 15) is 13.2 Å². The van der Waals surface area contributed by atoms with Crippen LogP contribution in [0.5, 0.6) is 0 Å². The first kappa shape index (κ1) is 55.0. The molecule has 11 rings (SSSR count). The number of nitrogens with zero attached hydrogens (tertiary/aromatic N) is 9. The number of ether oxygens (including phenoxy) is 2. The van der Waals surface area contributed by atoms with Gasteiger partial charge in [0, 0.05) is 89.0 Å². The first-order valence-electron chi connectivity index (χ1n) is 25.0. The average Bonchev–Trinajstić information content (AvgIpc) is 4.36. The Kier molecular flexibility index (Phi) is 18.3. The van der Waals surface area contributed by atoms with E-state index in [1.165, 1.54) is 24.6 Å². The van der Waals surface area contributed by atoms with Crippen molar-refractivity contribution in [2.75, 3.05) is 57.4 Å². The Hall–Kier alpha value is -8.22. The third kappa shape index (κ3) is 13.8. The monoisotopic (exact) mass is 1070 g/mol. The Morgan fingerprint density at radius 1 is 0.753 bits per heavy atom. The number of anilines is 4. The highest BCUT2D eigenvalue weighted by atomic mass is 32.2. The lowest BCUT2D eigenvalue weighted by molar-refractivity contribution is 0.0522. The minimum Gasteiger partial charge on any atom is -0.449 e. The summed E-state index contributed by atoms with van der Waals surface area (Å²) >= 11 is 0. The maximum Gasteiger partial charge on any atom is 0.435 e. The molecule has 10 aromatic rings. The summed E-state index contributed by atoms with van der Waals surface area (Å²) in [5.41, 5.74) is 11.1. The van der Waals surface area contributed by atoms with E-state index >= 15 is 0 Å². The van der Waals surface area contributed by atoms with Crippen LogP contribution in [-0.2, 0) is 36.6 Å². The molecule has 8 aromatic heterocycles. The average molecular weight is 1070 g/mol. The van der Waals surface area contributed by atoms with Gasteiger partial charge in [-0.2, -0.15) is 23.3 Å². The number of pyridine rings is 2. The zero-order chi connectivity index (χ0) is 54.4. The van der Waals surface area contributed by atoms with E-state index in [0.717, 1.165) is 77.6 Å². The number of hydrogen-bond acceptors (Lipinski definition) is 20.